The Morgan fingerprint density at radius 2 is 0.707 bits per heavy atom. The van der Waals surface area contributed by atoms with E-state index in [0.29, 0.717) is 23.9 Å². The van der Waals surface area contributed by atoms with Crippen LogP contribution >= 0.6 is 7.82 Å². The third-order valence-corrected chi connectivity index (χ3v) is 14.9. The van der Waals surface area contributed by atoms with Gasteiger partial charge in [0, 0.05) is 12.8 Å². The summed E-state index contributed by atoms with van der Waals surface area (Å²) in [7, 11) is 1.12. The molecule has 0 bridgehead atoms. The first-order chi connectivity index (χ1) is 40.0. The summed E-state index contributed by atoms with van der Waals surface area (Å²) in [6.07, 6.45) is 88.5. The second-order valence-corrected chi connectivity index (χ2v) is 24.5. The first-order valence-electron chi connectivity index (χ1n) is 33.2. The van der Waals surface area contributed by atoms with Gasteiger partial charge in [-0.05, 0) is 103 Å². The van der Waals surface area contributed by atoms with Crippen LogP contribution in [0, 0.1) is 0 Å². The van der Waals surface area contributed by atoms with Crippen molar-refractivity contribution in [2.45, 2.75) is 277 Å². The fourth-order valence-electron chi connectivity index (χ4n) is 8.89. The summed E-state index contributed by atoms with van der Waals surface area (Å²) in [5.41, 5.74) is 0. The molecule has 0 radical (unpaired) electrons. The van der Waals surface area contributed by atoms with Crippen molar-refractivity contribution < 1.29 is 42.1 Å². The van der Waals surface area contributed by atoms with Gasteiger partial charge in [-0.3, -0.25) is 14.2 Å². The number of ether oxygens (including phenoxy) is 2. The zero-order valence-corrected chi connectivity index (χ0v) is 54.3. The fraction of sp³-hybridized carbons (Fsp3) is 0.694. The lowest BCUT2D eigenvalue weighted by Gasteiger charge is -2.28. The summed E-state index contributed by atoms with van der Waals surface area (Å²) in [6, 6.07) is 0. The van der Waals surface area contributed by atoms with E-state index in [0.717, 1.165) is 77.0 Å². The second-order valence-electron chi connectivity index (χ2n) is 23.1. The first-order valence-corrected chi connectivity index (χ1v) is 34.7. The fourth-order valence-corrected chi connectivity index (χ4v) is 9.62. The van der Waals surface area contributed by atoms with Gasteiger partial charge in [0.25, 0.3) is 7.82 Å². The lowest BCUT2D eigenvalue weighted by atomic mass is 10.0. The second kappa shape index (κ2) is 62.0. The smallest absolute Gasteiger partial charge is 0.306 e. The Morgan fingerprint density at radius 3 is 1.09 bits per heavy atom. The lowest BCUT2D eigenvalue weighted by Crippen LogP contribution is -2.37. The average molecular weight is 1160 g/mol. The van der Waals surface area contributed by atoms with Gasteiger partial charge in [-0.15, -0.1) is 0 Å². The molecule has 0 aromatic carbocycles. The number of unbranched alkanes of at least 4 members (excludes halogenated alkanes) is 26. The Kier molecular flexibility index (Phi) is 59.2. The third kappa shape index (κ3) is 65.6. The molecule has 0 aliphatic carbocycles. The maximum Gasteiger partial charge on any atom is 0.306 e. The summed E-state index contributed by atoms with van der Waals surface area (Å²) >= 11 is 0. The van der Waals surface area contributed by atoms with Crippen LogP contribution in [0.2, 0.25) is 0 Å². The minimum atomic E-state index is -4.66. The number of carbonyl (C=O) groups is 2. The van der Waals surface area contributed by atoms with Crippen LogP contribution in [-0.4, -0.2) is 70.0 Å². The molecule has 0 saturated heterocycles. The van der Waals surface area contributed by atoms with E-state index in [-0.39, 0.29) is 26.1 Å². The van der Waals surface area contributed by atoms with Crippen molar-refractivity contribution in [1.82, 2.24) is 0 Å². The number of hydrogen-bond acceptors (Lipinski definition) is 8. The molecule has 470 valence electrons. The Morgan fingerprint density at radius 1 is 0.390 bits per heavy atom. The average Bonchev–Trinajstić information content (AvgIpc) is 3.45. The van der Waals surface area contributed by atoms with Crippen molar-refractivity contribution in [3.05, 3.63) is 122 Å². The van der Waals surface area contributed by atoms with E-state index < -0.39 is 32.5 Å². The van der Waals surface area contributed by atoms with Crippen molar-refractivity contribution in [3.63, 3.8) is 0 Å². The molecular formula is C72H124NO8P. The predicted molar refractivity (Wildman–Crippen MR) is 351 cm³/mol. The molecule has 0 spiro atoms. The summed E-state index contributed by atoms with van der Waals surface area (Å²) in [6.45, 7) is 4.07. The zero-order chi connectivity index (χ0) is 59.8. The molecule has 0 amide bonds. The van der Waals surface area contributed by atoms with Crippen molar-refractivity contribution in [2.75, 3.05) is 47.5 Å². The van der Waals surface area contributed by atoms with Crippen molar-refractivity contribution in [3.8, 4) is 0 Å². The third-order valence-electron chi connectivity index (χ3n) is 14.0. The van der Waals surface area contributed by atoms with Crippen molar-refractivity contribution in [2.24, 2.45) is 0 Å². The van der Waals surface area contributed by atoms with Gasteiger partial charge in [0.2, 0.25) is 0 Å². The molecule has 0 fully saturated rings. The largest absolute Gasteiger partial charge is 0.756 e. The molecule has 0 N–H and O–H groups in total. The van der Waals surface area contributed by atoms with Crippen LogP contribution in [-0.2, 0) is 32.7 Å². The van der Waals surface area contributed by atoms with E-state index in [4.69, 9.17) is 18.5 Å². The summed E-state index contributed by atoms with van der Waals surface area (Å²) in [5, 5.41) is 0. The monoisotopic (exact) mass is 1160 g/mol. The molecule has 82 heavy (non-hydrogen) atoms. The van der Waals surface area contributed by atoms with Crippen molar-refractivity contribution in [1.29, 1.82) is 0 Å². The molecule has 0 saturated carbocycles. The van der Waals surface area contributed by atoms with Crippen LogP contribution in [0.4, 0.5) is 0 Å². The number of quaternary nitrogens is 1. The van der Waals surface area contributed by atoms with Crippen LogP contribution < -0.4 is 4.89 Å². The summed E-state index contributed by atoms with van der Waals surface area (Å²) in [5.74, 6) is -0.904. The Bertz CT molecular complexity index is 1800. The maximum absolute atomic E-state index is 12.8. The molecule has 2 atom stereocenters. The van der Waals surface area contributed by atoms with E-state index in [1.807, 2.05) is 27.2 Å². The number of esters is 2. The highest BCUT2D eigenvalue weighted by Crippen LogP contribution is 2.38. The number of rotatable bonds is 60. The molecule has 0 aliphatic rings. The molecule has 10 heteroatoms. The zero-order valence-electron chi connectivity index (χ0n) is 53.4. The topological polar surface area (TPSA) is 111 Å². The Hall–Kier alpha value is -3.59. The van der Waals surface area contributed by atoms with E-state index in [9.17, 15) is 19.0 Å². The Balaban J connectivity index is 4.20. The van der Waals surface area contributed by atoms with Gasteiger partial charge in [-0.2, -0.15) is 0 Å². The van der Waals surface area contributed by atoms with Gasteiger partial charge in [-0.1, -0.05) is 277 Å². The number of nitrogens with zero attached hydrogens (tertiary/aromatic N) is 1. The van der Waals surface area contributed by atoms with E-state index in [1.165, 1.54) is 154 Å². The molecule has 0 aliphatic heterocycles. The van der Waals surface area contributed by atoms with Gasteiger partial charge in [0.1, 0.15) is 19.8 Å². The van der Waals surface area contributed by atoms with Crippen LogP contribution in [0.25, 0.3) is 0 Å². The SMILES string of the molecule is CC/C=C\C/C=C\C/C=C\C/C=C\C/C=C\C/C=C\C/C=C\C/C=C\C/C=C\CCCC(=O)OC(COC(=O)CCCCCCCCCCCCCCCCCCC/C=C\CCCCCCCCCC)COP(=O)([O-])OCC[N+](C)(C)C. The quantitative estimate of drug-likeness (QED) is 0.0195. The van der Waals surface area contributed by atoms with Crippen LogP contribution in [0.5, 0.6) is 0 Å². The minimum absolute atomic E-state index is 0.0473. The summed E-state index contributed by atoms with van der Waals surface area (Å²) in [4.78, 5) is 38.0. The molecule has 2 unspecified atom stereocenters. The standard InChI is InChI=1S/C72H124NO8P/c1-6-8-10-12-14-16-18-20-22-24-26-28-30-32-34-36-38-40-42-44-46-48-50-52-54-56-58-60-62-64-71(74)78-68-70(69-80-82(76,77)79-67-66-73(3,4)5)81-72(75)65-63-61-59-57-55-53-51-49-47-45-43-41-39-37-35-33-31-29-27-25-23-21-19-17-15-13-11-9-7-2/h9,11,15,17,21,23-24,26-27,29,33,35,39,41,45,47,51,53,57,59,70H,6-8,10,12-14,16,18-20,22,25,28,30-32,34,36-38,40,42-44,46,48-50,52,54-56,58,60-69H2,1-5H3/b11-9-,17-15-,23-21-,26-24-,29-27-,35-33-,41-39-,47-45-,53-51-,59-57-. The van der Waals surface area contributed by atoms with Crippen LogP contribution in [0.3, 0.4) is 0 Å². The van der Waals surface area contributed by atoms with E-state index in [2.05, 4.69) is 129 Å². The van der Waals surface area contributed by atoms with Gasteiger partial charge < -0.3 is 27.9 Å². The number of carbonyl (C=O) groups excluding carboxylic acids is 2. The lowest BCUT2D eigenvalue weighted by molar-refractivity contribution is -0.870. The van der Waals surface area contributed by atoms with Gasteiger partial charge in [0.15, 0.2) is 6.10 Å². The van der Waals surface area contributed by atoms with Crippen molar-refractivity contribution >= 4 is 19.8 Å². The number of likely N-dealkylation sites (N-methyl/N-ethyl adjacent to an activating group) is 1. The van der Waals surface area contributed by atoms with Gasteiger partial charge >= 0.3 is 11.9 Å². The number of phosphoric ester groups is 1. The molecule has 0 rings (SSSR count). The van der Waals surface area contributed by atoms with E-state index >= 15 is 0 Å². The molecule has 0 heterocycles. The van der Waals surface area contributed by atoms with Crippen LogP contribution in [0.15, 0.2) is 122 Å². The minimum Gasteiger partial charge on any atom is -0.756 e. The first kappa shape index (κ1) is 78.4. The van der Waals surface area contributed by atoms with Gasteiger partial charge in [-0.25, -0.2) is 0 Å². The normalized spacial score (nSPS) is 14.0. The summed E-state index contributed by atoms with van der Waals surface area (Å²) < 4.78 is 34.2. The number of phosphoric acid groups is 1. The number of hydrogen-bond donors (Lipinski definition) is 0. The van der Waals surface area contributed by atoms with E-state index in [1.54, 1.807) is 0 Å². The van der Waals surface area contributed by atoms with Crippen LogP contribution in [0.1, 0.15) is 271 Å². The predicted octanol–water partition coefficient (Wildman–Crippen LogP) is 20.9. The molecular weight excluding hydrogens is 1040 g/mol. The molecule has 9 nitrogen and oxygen atoms in total. The van der Waals surface area contributed by atoms with Gasteiger partial charge in [0.05, 0.1) is 27.7 Å². The Labute approximate surface area is 505 Å². The highest BCUT2D eigenvalue weighted by atomic mass is 31.2. The maximum atomic E-state index is 12.8. The highest BCUT2D eigenvalue weighted by molar-refractivity contribution is 7.45. The molecule has 0 aromatic rings. The number of allylic oxidation sites excluding steroid dienone is 20. The highest BCUT2D eigenvalue weighted by Gasteiger charge is 2.22. The molecule has 0 aromatic heterocycles.